The summed E-state index contributed by atoms with van der Waals surface area (Å²) in [7, 11) is 1.69. The van der Waals surface area contributed by atoms with E-state index in [2.05, 4.69) is 13.8 Å². The molecule has 0 aromatic rings. The Hall–Kier alpha value is -0.160. The molecule has 0 aliphatic carbocycles. The Morgan fingerprint density at radius 3 is 1.79 bits per heavy atom. The molecule has 0 N–H and O–H groups in total. The Morgan fingerprint density at radius 2 is 1.26 bits per heavy atom. The maximum absolute atomic E-state index is 5.69. The molecule has 0 saturated carbocycles. The van der Waals surface area contributed by atoms with E-state index in [4.69, 9.17) is 18.9 Å². The fraction of sp³-hybridized carbons (Fsp3) is 1.00. The smallest absolute Gasteiger partial charge is 0.0781 e. The molecule has 4 heteroatoms. The quantitative estimate of drug-likeness (QED) is 0.514. The van der Waals surface area contributed by atoms with Crippen LogP contribution in [0.3, 0.4) is 0 Å². The van der Waals surface area contributed by atoms with Crippen LogP contribution in [0.1, 0.15) is 41.0 Å². The minimum atomic E-state index is 0.0794. The third-order valence-corrected chi connectivity index (χ3v) is 2.83. The SMILES string of the molecule is COC(C)COC(C)COC(C)COCCC(C)C. The highest BCUT2D eigenvalue weighted by molar-refractivity contribution is 4.55. The molecule has 0 aliphatic rings. The van der Waals surface area contributed by atoms with Crippen molar-refractivity contribution in [2.45, 2.75) is 59.4 Å². The minimum Gasteiger partial charge on any atom is -0.379 e. The van der Waals surface area contributed by atoms with Crippen molar-refractivity contribution in [1.82, 2.24) is 0 Å². The van der Waals surface area contributed by atoms with Crippen molar-refractivity contribution in [2.75, 3.05) is 33.5 Å². The average Bonchev–Trinajstić information content (AvgIpc) is 2.38. The molecule has 0 fully saturated rings. The standard InChI is InChI=1S/C15H32O4/c1-12(2)7-8-17-9-14(4)19-11-15(5)18-10-13(3)16-6/h12-15H,7-11H2,1-6H3. The lowest BCUT2D eigenvalue weighted by Gasteiger charge is -2.19. The molecule has 3 atom stereocenters. The summed E-state index contributed by atoms with van der Waals surface area (Å²) >= 11 is 0. The van der Waals surface area contributed by atoms with Gasteiger partial charge in [0.05, 0.1) is 38.1 Å². The lowest BCUT2D eigenvalue weighted by molar-refractivity contribution is -0.0749. The van der Waals surface area contributed by atoms with Crippen molar-refractivity contribution in [3.63, 3.8) is 0 Å². The zero-order valence-electron chi connectivity index (χ0n) is 13.5. The highest BCUT2D eigenvalue weighted by Gasteiger charge is 2.09. The van der Waals surface area contributed by atoms with Gasteiger partial charge in [-0.05, 0) is 33.1 Å². The van der Waals surface area contributed by atoms with Gasteiger partial charge in [-0.3, -0.25) is 0 Å². The second kappa shape index (κ2) is 11.6. The first-order valence-corrected chi connectivity index (χ1v) is 7.29. The zero-order chi connectivity index (χ0) is 14.7. The number of methoxy groups -OCH3 is 1. The van der Waals surface area contributed by atoms with E-state index in [9.17, 15) is 0 Å². The molecule has 0 amide bonds. The van der Waals surface area contributed by atoms with Crippen molar-refractivity contribution >= 4 is 0 Å². The fourth-order valence-electron chi connectivity index (χ4n) is 1.33. The maximum atomic E-state index is 5.69. The average molecular weight is 276 g/mol. The summed E-state index contributed by atoms with van der Waals surface area (Å²) in [4.78, 5) is 0. The molecular formula is C15H32O4. The molecular weight excluding hydrogens is 244 g/mol. The molecule has 0 radical (unpaired) electrons. The lowest BCUT2D eigenvalue weighted by Crippen LogP contribution is -2.26. The Labute approximate surface area is 118 Å². The molecule has 0 aromatic carbocycles. The summed E-state index contributed by atoms with van der Waals surface area (Å²) < 4.78 is 22.0. The third kappa shape index (κ3) is 12.6. The van der Waals surface area contributed by atoms with E-state index in [1.807, 2.05) is 20.8 Å². The summed E-state index contributed by atoms with van der Waals surface area (Å²) in [5.74, 6) is 0.687. The first kappa shape index (κ1) is 18.8. The molecule has 19 heavy (non-hydrogen) atoms. The highest BCUT2D eigenvalue weighted by Crippen LogP contribution is 2.02. The molecule has 0 spiro atoms. The van der Waals surface area contributed by atoms with Crippen molar-refractivity contribution in [1.29, 1.82) is 0 Å². The Kier molecular flexibility index (Phi) is 11.6. The Bertz CT molecular complexity index is 197. The van der Waals surface area contributed by atoms with E-state index in [0.29, 0.717) is 25.7 Å². The van der Waals surface area contributed by atoms with Crippen molar-refractivity contribution in [3.05, 3.63) is 0 Å². The largest absolute Gasteiger partial charge is 0.379 e. The van der Waals surface area contributed by atoms with Gasteiger partial charge >= 0.3 is 0 Å². The van der Waals surface area contributed by atoms with E-state index in [1.54, 1.807) is 7.11 Å². The predicted molar refractivity (Wildman–Crippen MR) is 77.6 cm³/mol. The third-order valence-electron chi connectivity index (χ3n) is 2.83. The second-order valence-corrected chi connectivity index (χ2v) is 5.59. The van der Waals surface area contributed by atoms with Crippen LogP contribution in [-0.4, -0.2) is 51.8 Å². The van der Waals surface area contributed by atoms with Crippen LogP contribution in [0.4, 0.5) is 0 Å². The number of rotatable bonds is 12. The molecule has 116 valence electrons. The predicted octanol–water partition coefficient (Wildman–Crippen LogP) is 2.89. The van der Waals surface area contributed by atoms with E-state index < -0.39 is 0 Å². The molecule has 0 saturated heterocycles. The summed E-state index contributed by atoms with van der Waals surface area (Å²) in [5.41, 5.74) is 0. The van der Waals surface area contributed by atoms with Crippen LogP contribution in [-0.2, 0) is 18.9 Å². The van der Waals surface area contributed by atoms with E-state index in [0.717, 1.165) is 13.0 Å². The molecule has 0 aromatic heterocycles. The zero-order valence-corrected chi connectivity index (χ0v) is 13.5. The van der Waals surface area contributed by atoms with Crippen molar-refractivity contribution < 1.29 is 18.9 Å². The van der Waals surface area contributed by atoms with Gasteiger partial charge < -0.3 is 18.9 Å². The van der Waals surface area contributed by atoms with Gasteiger partial charge in [-0.25, -0.2) is 0 Å². The van der Waals surface area contributed by atoms with Gasteiger partial charge in [0.2, 0.25) is 0 Å². The van der Waals surface area contributed by atoms with Crippen LogP contribution < -0.4 is 0 Å². The maximum Gasteiger partial charge on any atom is 0.0781 e. The van der Waals surface area contributed by atoms with E-state index in [1.165, 1.54) is 0 Å². The van der Waals surface area contributed by atoms with Crippen LogP contribution in [0.5, 0.6) is 0 Å². The van der Waals surface area contributed by atoms with E-state index >= 15 is 0 Å². The van der Waals surface area contributed by atoms with Gasteiger partial charge in [0.25, 0.3) is 0 Å². The first-order valence-electron chi connectivity index (χ1n) is 7.29. The topological polar surface area (TPSA) is 36.9 Å². The molecule has 0 rings (SSSR count). The number of hydrogen-bond donors (Lipinski definition) is 0. The number of hydrogen-bond acceptors (Lipinski definition) is 4. The van der Waals surface area contributed by atoms with Crippen LogP contribution in [0, 0.1) is 5.92 Å². The van der Waals surface area contributed by atoms with Gasteiger partial charge in [0, 0.05) is 13.7 Å². The molecule has 0 aliphatic heterocycles. The van der Waals surface area contributed by atoms with Crippen LogP contribution in [0.15, 0.2) is 0 Å². The van der Waals surface area contributed by atoms with E-state index in [-0.39, 0.29) is 18.3 Å². The normalized spacial score (nSPS) is 16.6. The Morgan fingerprint density at radius 1 is 0.737 bits per heavy atom. The summed E-state index contributed by atoms with van der Waals surface area (Å²) in [6, 6.07) is 0. The summed E-state index contributed by atoms with van der Waals surface area (Å²) in [6.07, 6.45) is 1.41. The van der Waals surface area contributed by atoms with Gasteiger partial charge in [0.1, 0.15) is 0 Å². The van der Waals surface area contributed by atoms with Crippen molar-refractivity contribution in [2.24, 2.45) is 5.92 Å². The van der Waals surface area contributed by atoms with Gasteiger partial charge in [-0.1, -0.05) is 13.8 Å². The van der Waals surface area contributed by atoms with Gasteiger partial charge in [0.15, 0.2) is 0 Å². The lowest BCUT2D eigenvalue weighted by atomic mass is 10.1. The van der Waals surface area contributed by atoms with Gasteiger partial charge in [-0.2, -0.15) is 0 Å². The molecule has 0 heterocycles. The Balaban J connectivity index is 3.47. The minimum absolute atomic E-state index is 0.0794. The summed E-state index contributed by atoms with van der Waals surface area (Å²) in [5, 5.41) is 0. The van der Waals surface area contributed by atoms with Crippen molar-refractivity contribution in [3.8, 4) is 0 Å². The number of ether oxygens (including phenoxy) is 4. The monoisotopic (exact) mass is 276 g/mol. The second-order valence-electron chi connectivity index (χ2n) is 5.59. The molecule has 0 bridgehead atoms. The van der Waals surface area contributed by atoms with Crippen LogP contribution in [0.2, 0.25) is 0 Å². The van der Waals surface area contributed by atoms with Crippen LogP contribution >= 0.6 is 0 Å². The molecule has 3 unspecified atom stereocenters. The molecule has 4 nitrogen and oxygen atoms in total. The van der Waals surface area contributed by atoms with Crippen LogP contribution in [0.25, 0.3) is 0 Å². The highest BCUT2D eigenvalue weighted by atomic mass is 16.6. The fourth-order valence-corrected chi connectivity index (χ4v) is 1.33. The summed E-state index contributed by atoms with van der Waals surface area (Å²) in [6.45, 7) is 13.1. The van der Waals surface area contributed by atoms with Gasteiger partial charge in [-0.15, -0.1) is 0 Å². The first-order chi connectivity index (χ1) is 8.95.